The predicted molar refractivity (Wildman–Crippen MR) is 78.3 cm³/mol. The lowest BCUT2D eigenvalue weighted by Crippen LogP contribution is -2.49. The Kier molecular flexibility index (Phi) is 3.81. The quantitative estimate of drug-likeness (QED) is 0.871. The lowest BCUT2D eigenvalue weighted by Gasteiger charge is -2.28. The molecule has 1 aliphatic carbocycles. The van der Waals surface area contributed by atoms with Gasteiger partial charge in [-0.15, -0.1) is 0 Å². The molecule has 1 heterocycles. The fraction of sp³-hybridized carbons (Fsp3) is 0.571. The molecule has 0 amide bonds. The third kappa shape index (κ3) is 2.61. The molecule has 1 aliphatic heterocycles. The first-order valence-corrected chi connectivity index (χ1v) is 8.63. The zero-order chi connectivity index (χ0) is 14.2. The highest BCUT2D eigenvalue weighted by atomic mass is 32.2. The summed E-state index contributed by atoms with van der Waals surface area (Å²) in [6, 6.07) is 7.41. The molecule has 3 N–H and O–H groups in total. The van der Waals surface area contributed by atoms with Gasteiger partial charge in [0.05, 0.1) is 0 Å². The second-order valence-corrected chi connectivity index (χ2v) is 7.32. The van der Waals surface area contributed by atoms with Crippen LogP contribution in [0, 0.1) is 0 Å². The van der Waals surface area contributed by atoms with Gasteiger partial charge in [0.1, 0.15) is 0 Å². The number of hydrogen-bond acceptors (Lipinski definition) is 3. The topological polar surface area (TPSA) is 75.4 Å². The van der Waals surface area contributed by atoms with Crippen LogP contribution in [0.2, 0.25) is 0 Å². The van der Waals surface area contributed by atoms with Crippen molar-refractivity contribution in [1.29, 1.82) is 0 Å². The summed E-state index contributed by atoms with van der Waals surface area (Å²) in [7, 11) is -3.41. The van der Waals surface area contributed by atoms with E-state index in [0.717, 1.165) is 30.4 Å². The van der Waals surface area contributed by atoms with Gasteiger partial charge in [-0.05, 0) is 30.4 Å². The highest BCUT2D eigenvalue weighted by molar-refractivity contribution is 7.87. The molecule has 2 atom stereocenters. The summed E-state index contributed by atoms with van der Waals surface area (Å²) in [4.78, 5) is 0. The molecule has 6 heteroatoms. The average Bonchev–Trinajstić information content (AvgIpc) is 2.76. The van der Waals surface area contributed by atoms with E-state index in [-0.39, 0.29) is 12.1 Å². The van der Waals surface area contributed by atoms with Gasteiger partial charge < -0.3 is 5.73 Å². The molecule has 1 aromatic carbocycles. The number of rotatable bonds is 3. The van der Waals surface area contributed by atoms with E-state index < -0.39 is 10.2 Å². The second kappa shape index (κ2) is 5.44. The maximum Gasteiger partial charge on any atom is 0.279 e. The molecule has 0 aromatic heterocycles. The van der Waals surface area contributed by atoms with E-state index in [9.17, 15) is 8.42 Å². The van der Waals surface area contributed by atoms with Gasteiger partial charge in [-0.1, -0.05) is 30.7 Å². The lowest BCUT2D eigenvalue weighted by atomic mass is 10.1. The molecule has 0 unspecified atom stereocenters. The van der Waals surface area contributed by atoms with Crippen molar-refractivity contribution < 1.29 is 8.42 Å². The van der Waals surface area contributed by atoms with Gasteiger partial charge in [0.25, 0.3) is 10.2 Å². The third-order valence-corrected chi connectivity index (χ3v) is 5.89. The normalized spacial score (nSPS) is 27.4. The molecule has 110 valence electrons. The summed E-state index contributed by atoms with van der Waals surface area (Å²) in [6.07, 6.45) is 3.67. The van der Waals surface area contributed by atoms with E-state index in [4.69, 9.17) is 5.73 Å². The number of hydrogen-bond donors (Lipinski definition) is 2. The summed E-state index contributed by atoms with van der Waals surface area (Å²) in [6.45, 7) is 1.23. The highest BCUT2D eigenvalue weighted by Gasteiger charge is 2.34. The van der Waals surface area contributed by atoms with Gasteiger partial charge in [-0.3, -0.25) is 0 Å². The third-order valence-electron chi connectivity index (χ3n) is 4.24. The first-order chi connectivity index (χ1) is 9.58. The first-order valence-electron chi connectivity index (χ1n) is 7.19. The van der Waals surface area contributed by atoms with Crippen LogP contribution in [-0.2, 0) is 16.6 Å². The minimum Gasteiger partial charge on any atom is -0.323 e. The molecule has 0 spiro atoms. The van der Waals surface area contributed by atoms with Crippen LogP contribution in [0.3, 0.4) is 0 Å². The van der Waals surface area contributed by atoms with Crippen molar-refractivity contribution in [2.75, 3.05) is 13.1 Å². The Balaban J connectivity index is 1.73. The fourth-order valence-corrected chi connectivity index (χ4v) is 4.61. The number of piperidine rings is 1. The smallest absolute Gasteiger partial charge is 0.279 e. The van der Waals surface area contributed by atoms with Crippen molar-refractivity contribution in [1.82, 2.24) is 9.03 Å². The second-order valence-electron chi connectivity index (χ2n) is 5.62. The van der Waals surface area contributed by atoms with Crippen molar-refractivity contribution in [3.8, 4) is 0 Å². The van der Waals surface area contributed by atoms with Crippen molar-refractivity contribution in [2.45, 2.75) is 37.8 Å². The monoisotopic (exact) mass is 295 g/mol. The molecule has 5 nitrogen and oxygen atoms in total. The number of fused-ring (bicyclic) bond motifs is 1. The van der Waals surface area contributed by atoms with E-state index in [0.29, 0.717) is 19.5 Å². The largest absolute Gasteiger partial charge is 0.323 e. The van der Waals surface area contributed by atoms with Crippen LogP contribution in [0.4, 0.5) is 0 Å². The van der Waals surface area contributed by atoms with Crippen LogP contribution in [0.1, 0.15) is 36.4 Å². The average molecular weight is 295 g/mol. The summed E-state index contributed by atoms with van der Waals surface area (Å²) in [5.41, 5.74) is 8.38. The van der Waals surface area contributed by atoms with E-state index >= 15 is 0 Å². The molecule has 1 fully saturated rings. The van der Waals surface area contributed by atoms with Crippen LogP contribution >= 0.6 is 0 Å². The molecule has 20 heavy (non-hydrogen) atoms. The van der Waals surface area contributed by atoms with E-state index in [1.54, 1.807) is 4.31 Å². The van der Waals surface area contributed by atoms with E-state index in [1.807, 2.05) is 24.3 Å². The summed E-state index contributed by atoms with van der Waals surface area (Å²) in [5, 5.41) is 0. The summed E-state index contributed by atoms with van der Waals surface area (Å²) >= 11 is 0. The molecule has 0 saturated carbocycles. The Hall–Kier alpha value is -0.950. The predicted octanol–water partition coefficient (Wildman–Crippen LogP) is 0.931. The molecule has 0 radical (unpaired) electrons. The highest BCUT2D eigenvalue weighted by Crippen LogP contribution is 2.30. The Bertz CT molecular complexity index is 582. The van der Waals surface area contributed by atoms with Gasteiger partial charge in [-0.2, -0.15) is 17.4 Å². The van der Waals surface area contributed by atoms with Crippen LogP contribution in [-0.4, -0.2) is 31.9 Å². The minimum atomic E-state index is -3.41. The van der Waals surface area contributed by atoms with Crippen LogP contribution in [0.5, 0.6) is 0 Å². The molecular formula is C14H21N3O2S. The minimum absolute atomic E-state index is 0.237. The maximum atomic E-state index is 12.4. The number of nitrogens with zero attached hydrogens (tertiary/aromatic N) is 1. The van der Waals surface area contributed by atoms with Gasteiger partial charge in [0, 0.05) is 25.2 Å². The standard InChI is InChI=1S/C14H21N3O2S/c15-14-12-7-3-2-6-11(12)10-13(14)16-20(18,19)17-8-4-1-5-9-17/h2-3,6-7,13-14,16H,1,4-5,8-10,15H2/t13-,14-/m1/s1. The van der Waals surface area contributed by atoms with E-state index in [2.05, 4.69) is 4.72 Å². The van der Waals surface area contributed by atoms with Crippen molar-refractivity contribution in [3.63, 3.8) is 0 Å². The van der Waals surface area contributed by atoms with Crippen molar-refractivity contribution in [2.24, 2.45) is 5.73 Å². The Morgan fingerprint density at radius 3 is 2.55 bits per heavy atom. The number of nitrogens with one attached hydrogen (secondary N) is 1. The Labute approximate surface area is 120 Å². The summed E-state index contributed by atoms with van der Waals surface area (Å²) < 4.78 is 29.1. The van der Waals surface area contributed by atoms with Gasteiger partial charge in [0.15, 0.2) is 0 Å². The molecule has 0 bridgehead atoms. The Morgan fingerprint density at radius 1 is 1.15 bits per heavy atom. The number of benzene rings is 1. The summed E-state index contributed by atoms with van der Waals surface area (Å²) in [5.74, 6) is 0. The van der Waals surface area contributed by atoms with E-state index in [1.165, 1.54) is 0 Å². The first kappa shape index (κ1) is 14.0. The van der Waals surface area contributed by atoms with Crippen LogP contribution in [0.15, 0.2) is 24.3 Å². The lowest BCUT2D eigenvalue weighted by molar-refractivity contribution is 0.336. The molecule has 2 aliphatic rings. The number of nitrogens with two attached hydrogens (primary N) is 1. The molecule has 3 rings (SSSR count). The van der Waals surface area contributed by atoms with Gasteiger partial charge in [0.2, 0.25) is 0 Å². The van der Waals surface area contributed by atoms with Crippen LogP contribution < -0.4 is 10.5 Å². The molecular weight excluding hydrogens is 274 g/mol. The fourth-order valence-electron chi connectivity index (χ4n) is 3.11. The SMILES string of the molecule is N[C@@H]1c2ccccc2C[C@H]1NS(=O)(=O)N1CCCCC1. The van der Waals surface area contributed by atoms with Gasteiger partial charge in [-0.25, -0.2) is 0 Å². The van der Waals surface area contributed by atoms with Gasteiger partial charge >= 0.3 is 0 Å². The molecule has 1 aromatic rings. The van der Waals surface area contributed by atoms with Crippen LogP contribution in [0.25, 0.3) is 0 Å². The van der Waals surface area contributed by atoms with Crippen molar-refractivity contribution in [3.05, 3.63) is 35.4 Å². The van der Waals surface area contributed by atoms with Crippen molar-refractivity contribution >= 4 is 10.2 Å². The maximum absolute atomic E-state index is 12.4. The molecule has 1 saturated heterocycles. The zero-order valence-electron chi connectivity index (χ0n) is 11.5. The Morgan fingerprint density at radius 2 is 1.85 bits per heavy atom. The zero-order valence-corrected chi connectivity index (χ0v) is 12.3.